The van der Waals surface area contributed by atoms with E-state index < -0.39 is 17.7 Å². The van der Waals surface area contributed by atoms with Crippen LogP contribution in [0.4, 0.5) is 0 Å². The standard InChI is InChI=1S/C24H22N2O4S/c1-3-30-18-10-9-16(13-15(18)2)22(27)20-21(19-8-6-12-31-19)26(24(29)23(20)28)14-17-7-4-5-11-25-17/h4-13,21,27H,3,14H2,1-2H3/b22-20-. The number of aliphatic hydroxyl groups is 1. The zero-order valence-corrected chi connectivity index (χ0v) is 18.1. The molecular weight excluding hydrogens is 412 g/mol. The summed E-state index contributed by atoms with van der Waals surface area (Å²) in [4.78, 5) is 32.6. The normalized spacial score (nSPS) is 17.9. The van der Waals surface area contributed by atoms with Crippen LogP contribution in [0.15, 0.2) is 65.7 Å². The molecule has 1 saturated heterocycles. The van der Waals surface area contributed by atoms with Crippen molar-refractivity contribution in [3.05, 3.63) is 87.4 Å². The maximum absolute atomic E-state index is 13.0. The molecule has 0 spiro atoms. The predicted molar refractivity (Wildman–Crippen MR) is 119 cm³/mol. The van der Waals surface area contributed by atoms with Crippen LogP contribution in [-0.2, 0) is 16.1 Å². The number of hydrogen-bond donors (Lipinski definition) is 1. The zero-order chi connectivity index (χ0) is 22.0. The molecule has 1 amide bonds. The highest BCUT2D eigenvalue weighted by atomic mass is 32.1. The van der Waals surface area contributed by atoms with Gasteiger partial charge in [-0.25, -0.2) is 0 Å². The van der Waals surface area contributed by atoms with Gasteiger partial charge in [-0.3, -0.25) is 14.6 Å². The van der Waals surface area contributed by atoms with Crippen molar-refractivity contribution in [1.82, 2.24) is 9.88 Å². The van der Waals surface area contributed by atoms with Gasteiger partial charge in [0.05, 0.1) is 24.4 Å². The Morgan fingerprint density at radius 1 is 1.19 bits per heavy atom. The van der Waals surface area contributed by atoms with Crippen molar-refractivity contribution in [2.45, 2.75) is 26.4 Å². The van der Waals surface area contributed by atoms with Crippen LogP contribution in [0.5, 0.6) is 5.75 Å². The van der Waals surface area contributed by atoms with E-state index in [1.807, 2.05) is 37.4 Å². The number of thiophene rings is 1. The molecule has 1 fully saturated rings. The number of aryl methyl sites for hydroxylation is 1. The second-order valence-corrected chi connectivity index (χ2v) is 8.16. The largest absolute Gasteiger partial charge is 0.507 e. The highest BCUT2D eigenvalue weighted by molar-refractivity contribution is 7.10. The van der Waals surface area contributed by atoms with Crippen molar-refractivity contribution in [3.63, 3.8) is 0 Å². The number of rotatable bonds is 6. The molecular formula is C24H22N2O4S. The van der Waals surface area contributed by atoms with Crippen molar-refractivity contribution in [1.29, 1.82) is 0 Å². The molecule has 1 N–H and O–H groups in total. The first-order valence-corrected chi connectivity index (χ1v) is 10.8. The summed E-state index contributed by atoms with van der Waals surface area (Å²) in [6.07, 6.45) is 1.65. The number of hydrogen-bond acceptors (Lipinski definition) is 6. The van der Waals surface area contributed by atoms with Gasteiger partial charge in [-0.05, 0) is 61.2 Å². The number of amides is 1. The van der Waals surface area contributed by atoms with Gasteiger partial charge in [0.1, 0.15) is 17.6 Å². The highest BCUT2D eigenvalue weighted by Crippen LogP contribution is 2.42. The summed E-state index contributed by atoms with van der Waals surface area (Å²) < 4.78 is 5.57. The van der Waals surface area contributed by atoms with Gasteiger partial charge in [0.25, 0.3) is 11.7 Å². The average molecular weight is 435 g/mol. The first-order valence-electron chi connectivity index (χ1n) is 9.96. The number of ketones is 1. The van der Waals surface area contributed by atoms with Crippen molar-refractivity contribution in [3.8, 4) is 5.75 Å². The highest BCUT2D eigenvalue weighted by Gasteiger charge is 2.46. The Morgan fingerprint density at radius 2 is 2.03 bits per heavy atom. The van der Waals surface area contributed by atoms with E-state index in [0.29, 0.717) is 23.6 Å². The van der Waals surface area contributed by atoms with E-state index in [1.165, 1.54) is 16.2 Å². The number of carbonyl (C=O) groups is 2. The first-order chi connectivity index (χ1) is 15.0. The van der Waals surface area contributed by atoms with Gasteiger partial charge in [0.15, 0.2) is 0 Å². The zero-order valence-electron chi connectivity index (χ0n) is 17.2. The van der Waals surface area contributed by atoms with Crippen molar-refractivity contribution in [2.24, 2.45) is 0 Å². The van der Waals surface area contributed by atoms with E-state index in [4.69, 9.17) is 4.74 Å². The molecule has 1 unspecified atom stereocenters. The molecule has 31 heavy (non-hydrogen) atoms. The third-order valence-corrected chi connectivity index (χ3v) is 6.08. The van der Waals surface area contributed by atoms with Gasteiger partial charge >= 0.3 is 0 Å². The summed E-state index contributed by atoms with van der Waals surface area (Å²) in [5.41, 5.74) is 2.06. The average Bonchev–Trinajstić information content (AvgIpc) is 3.38. The molecule has 4 rings (SSSR count). The van der Waals surface area contributed by atoms with Crippen molar-refractivity contribution in [2.75, 3.05) is 6.61 Å². The number of aromatic nitrogens is 1. The number of ether oxygens (including phenoxy) is 1. The van der Waals surface area contributed by atoms with Gasteiger partial charge in [0.2, 0.25) is 0 Å². The summed E-state index contributed by atoms with van der Waals surface area (Å²) in [6, 6.07) is 13.7. The molecule has 2 aromatic heterocycles. The lowest BCUT2D eigenvalue weighted by Gasteiger charge is -2.23. The second kappa shape index (κ2) is 8.73. The number of benzene rings is 1. The lowest BCUT2D eigenvalue weighted by molar-refractivity contribution is -0.140. The lowest BCUT2D eigenvalue weighted by atomic mass is 9.98. The molecule has 1 aromatic carbocycles. The van der Waals surface area contributed by atoms with Crippen LogP contribution >= 0.6 is 11.3 Å². The van der Waals surface area contributed by atoms with Gasteiger partial charge in [0, 0.05) is 16.6 Å². The van der Waals surface area contributed by atoms with Crippen molar-refractivity contribution < 1.29 is 19.4 Å². The summed E-state index contributed by atoms with van der Waals surface area (Å²) in [5.74, 6) is -0.817. The molecule has 1 aliphatic heterocycles. The summed E-state index contributed by atoms with van der Waals surface area (Å²) in [7, 11) is 0. The molecule has 3 heterocycles. The van der Waals surface area contributed by atoms with E-state index >= 15 is 0 Å². The Hall–Kier alpha value is -3.45. The minimum Gasteiger partial charge on any atom is -0.507 e. The van der Waals surface area contributed by atoms with E-state index in [-0.39, 0.29) is 17.9 Å². The monoisotopic (exact) mass is 434 g/mol. The number of nitrogens with zero attached hydrogens (tertiary/aromatic N) is 2. The van der Waals surface area contributed by atoms with Gasteiger partial charge in [-0.15, -0.1) is 11.3 Å². The number of Topliss-reactive ketones (excluding diaryl/α,β-unsaturated/α-hetero) is 1. The maximum Gasteiger partial charge on any atom is 0.296 e. The SMILES string of the molecule is CCOc1ccc(/C(O)=C2/C(=O)C(=O)N(Cc3ccccn3)C2c2cccs2)cc1C. The summed E-state index contributed by atoms with van der Waals surface area (Å²) in [5, 5.41) is 13.0. The number of carbonyl (C=O) groups excluding carboxylic acids is 2. The Morgan fingerprint density at radius 3 is 2.68 bits per heavy atom. The van der Waals surface area contributed by atoms with Crippen LogP contribution in [0.3, 0.4) is 0 Å². The van der Waals surface area contributed by atoms with Crippen LogP contribution in [0.1, 0.15) is 34.7 Å². The molecule has 3 aromatic rings. The fourth-order valence-electron chi connectivity index (χ4n) is 3.72. The summed E-state index contributed by atoms with van der Waals surface area (Å²) >= 11 is 1.44. The quantitative estimate of drug-likeness (QED) is 0.352. The third-order valence-electron chi connectivity index (χ3n) is 5.16. The summed E-state index contributed by atoms with van der Waals surface area (Å²) in [6.45, 7) is 4.48. The van der Waals surface area contributed by atoms with Gasteiger partial charge < -0.3 is 14.7 Å². The van der Waals surface area contributed by atoms with Gasteiger partial charge in [-0.1, -0.05) is 12.1 Å². The molecule has 0 saturated carbocycles. The van der Waals surface area contributed by atoms with E-state index in [9.17, 15) is 14.7 Å². The Balaban J connectivity index is 1.80. The molecule has 1 aliphatic rings. The Kier molecular flexibility index (Phi) is 5.86. The molecule has 0 bridgehead atoms. The predicted octanol–water partition coefficient (Wildman–Crippen LogP) is 4.47. The van der Waals surface area contributed by atoms with Crippen LogP contribution in [-0.4, -0.2) is 33.3 Å². The molecule has 7 heteroatoms. The smallest absolute Gasteiger partial charge is 0.296 e. The lowest BCUT2D eigenvalue weighted by Crippen LogP contribution is -2.29. The maximum atomic E-state index is 13.0. The van der Waals surface area contributed by atoms with Crippen molar-refractivity contribution >= 4 is 28.8 Å². The third kappa shape index (κ3) is 3.96. The first kappa shape index (κ1) is 20.8. The Labute approximate surface area is 184 Å². The topological polar surface area (TPSA) is 79.7 Å². The molecule has 0 aliphatic carbocycles. The second-order valence-electron chi connectivity index (χ2n) is 7.18. The molecule has 158 valence electrons. The van der Waals surface area contributed by atoms with Crippen LogP contribution < -0.4 is 4.74 Å². The number of aliphatic hydroxyl groups excluding tert-OH is 1. The van der Waals surface area contributed by atoms with Crippen LogP contribution in [0.25, 0.3) is 5.76 Å². The van der Waals surface area contributed by atoms with E-state index in [2.05, 4.69) is 4.98 Å². The minimum atomic E-state index is -0.696. The van der Waals surface area contributed by atoms with Crippen LogP contribution in [0, 0.1) is 6.92 Å². The fourth-order valence-corrected chi connectivity index (χ4v) is 4.57. The molecule has 6 nitrogen and oxygen atoms in total. The van der Waals surface area contributed by atoms with Crippen LogP contribution in [0.2, 0.25) is 0 Å². The van der Waals surface area contributed by atoms with E-state index in [1.54, 1.807) is 36.5 Å². The Bertz CT molecular complexity index is 1140. The molecule has 0 radical (unpaired) electrons. The van der Waals surface area contributed by atoms with Gasteiger partial charge in [-0.2, -0.15) is 0 Å². The minimum absolute atomic E-state index is 0.0898. The number of likely N-dealkylation sites (tertiary alicyclic amines) is 1. The number of pyridine rings is 1. The fraction of sp³-hybridized carbons (Fsp3) is 0.208. The molecule has 1 atom stereocenters. The van der Waals surface area contributed by atoms with E-state index in [0.717, 1.165) is 10.4 Å².